The molecule has 0 radical (unpaired) electrons. The Morgan fingerprint density at radius 3 is 2.28 bits per heavy atom. The third-order valence-electron chi connectivity index (χ3n) is 2.55. The zero-order chi connectivity index (χ0) is 13.3. The van der Waals surface area contributed by atoms with Gasteiger partial charge in [-0.05, 0) is 35.1 Å². The molecule has 0 fully saturated rings. The maximum Gasteiger partial charge on any atom is 0.294 e. The Morgan fingerprint density at radius 1 is 1.33 bits per heavy atom. The molecule has 0 spiro atoms. The number of hydrogen-bond acceptors (Lipinski definition) is 3. The third-order valence-corrected chi connectivity index (χ3v) is 3.40. The van der Waals surface area contributed by atoms with Crippen LogP contribution in [0, 0.1) is 0 Å². The molecule has 0 heterocycles. The SMILES string of the molecule is C=CCc1cc(S(=O)(=O)O)ccc1C(C)(C)C.N. The van der Waals surface area contributed by atoms with E-state index < -0.39 is 10.1 Å². The highest BCUT2D eigenvalue weighted by Gasteiger charge is 2.19. The second kappa shape index (κ2) is 5.65. The van der Waals surface area contributed by atoms with Crippen LogP contribution in [0.4, 0.5) is 0 Å². The van der Waals surface area contributed by atoms with E-state index in [0.29, 0.717) is 6.42 Å². The summed E-state index contributed by atoms with van der Waals surface area (Å²) in [6, 6.07) is 4.70. The summed E-state index contributed by atoms with van der Waals surface area (Å²) in [5, 5.41) is 0. The van der Waals surface area contributed by atoms with Gasteiger partial charge < -0.3 is 6.15 Å². The molecular formula is C13H21NO3S. The second-order valence-corrected chi connectivity index (χ2v) is 6.46. The fourth-order valence-corrected chi connectivity index (χ4v) is 2.32. The van der Waals surface area contributed by atoms with Crippen LogP contribution in [0.15, 0.2) is 35.7 Å². The molecule has 4 N–H and O–H groups in total. The molecule has 0 atom stereocenters. The highest BCUT2D eigenvalue weighted by molar-refractivity contribution is 7.85. The van der Waals surface area contributed by atoms with Crippen molar-refractivity contribution in [2.45, 2.75) is 37.5 Å². The summed E-state index contributed by atoms with van der Waals surface area (Å²) >= 11 is 0. The van der Waals surface area contributed by atoms with Gasteiger partial charge in [0.2, 0.25) is 0 Å². The molecule has 18 heavy (non-hydrogen) atoms. The molecule has 0 aliphatic rings. The first-order chi connectivity index (χ1) is 7.66. The smallest absolute Gasteiger partial charge is 0.294 e. The van der Waals surface area contributed by atoms with Gasteiger partial charge in [0.15, 0.2) is 0 Å². The number of hydrogen-bond donors (Lipinski definition) is 2. The highest BCUT2D eigenvalue weighted by Crippen LogP contribution is 2.28. The average Bonchev–Trinajstić information content (AvgIpc) is 2.15. The van der Waals surface area contributed by atoms with Gasteiger partial charge in [0.25, 0.3) is 10.1 Å². The minimum Gasteiger partial charge on any atom is -0.344 e. The molecule has 0 aromatic heterocycles. The molecule has 5 heteroatoms. The van der Waals surface area contributed by atoms with Gasteiger partial charge in [0.1, 0.15) is 0 Å². The Bertz CT molecular complexity index is 528. The Labute approximate surface area is 109 Å². The largest absolute Gasteiger partial charge is 0.344 e. The lowest BCUT2D eigenvalue weighted by Gasteiger charge is -2.23. The summed E-state index contributed by atoms with van der Waals surface area (Å²) in [5.74, 6) is 0. The molecule has 0 bridgehead atoms. The van der Waals surface area contributed by atoms with Gasteiger partial charge in [-0.1, -0.05) is 32.9 Å². The van der Waals surface area contributed by atoms with Crippen LogP contribution < -0.4 is 6.15 Å². The van der Waals surface area contributed by atoms with Gasteiger partial charge in [-0.15, -0.1) is 6.58 Å². The first kappa shape index (κ1) is 16.8. The number of allylic oxidation sites excluding steroid dienone is 1. The summed E-state index contributed by atoms with van der Waals surface area (Å²) in [4.78, 5) is -0.0673. The molecular weight excluding hydrogens is 250 g/mol. The Hall–Kier alpha value is -1.17. The van der Waals surface area contributed by atoms with Crippen LogP contribution in [-0.4, -0.2) is 13.0 Å². The maximum absolute atomic E-state index is 11.1. The van der Waals surface area contributed by atoms with Crippen LogP contribution >= 0.6 is 0 Å². The van der Waals surface area contributed by atoms with Gasteiger partial charge in [-0.2, -0.15) is 8.42 Å². The predicted octanol–water partition coefficient (Wildman–Crippen LogP) is 3.12. The van der Waals surface area contributed by atoms with E-state index in [-0.39, 0.29) is 16.5 Å². The van der Waals surface area contributed by atoms with Crippen molar-refractivity contribution in [3.63, 3.8) is 0 Å². The van der Waals surface area contributed by atoms with E-state index in [2.05, 4.69) is 27.4 Å². The highest BCUT2D eigenvalue weighted by atomic mass is 32.2. The number of benzene rings is 1. The van der Waals surface area contributed by atoms with Crippen molar-refractivity contribution in [2.75, 3.05) is 0 Å². The summed E-state index contributed by atoms with van der Waals surface area (Å²) in [6.07, 6.45) is 2.30. The van der Waals surface area contributed by atoms with E-state index in [9.17, 15) is 8.42 Å². The fraction of sp³-hybridized carbons (Fsp3) is 0.385. The Balaban J connectivity index is 0.00000289. The van der Waals surface area contributed by atoms with E-state index in [1.54, 1.807) is 12.1 Å². The lowest BCUT2D eigenvalue weighted by atomic mass is 9.83. The van der Waals surface area contributed by atoms with E-state index in [1.165, 1.54) is 12.1 Å². The lowest BCUT2D eigenvalue weighted by molar-refractivity contribution is 0.482. The quantitative estimate of drug-likeness (QED) is 0.653. The second-order valence-electron chi connectivity index (χ2n) is 5.04. The molecule has 1 aromatic rings. The van der Waals surface area contributed by atoms with Gasteiger partial charge >= 0.3 is 0 Å². The van der Waals surface area contributed by atoms with Gasteiger partial charge in [-0.3, -0.25) is 4.55 Å². The van der Waals surface area contributed by atoms with Crippen molar-refractivity contribution in [3.8, 4) is 0 Å². The summed E-state index contributed by atoms with van der Waals surface area (Å²) in [7, 11) is -4.14. The van der Waals surface area contributed by atoms with Crippen molar-refractivity contribution in [1.29, 1.82) is 0 Å². The normalized spacial score (nSPS) is 11.8. The van der Waals surface area contributed by atoms with Gasteiger partial charge in [-0.25, -0.2) is 0 Å². The first-order valence-corrected chi connectivity index (χ1v) is 6.82. The van der Waals surface area contributed by atoms with E-state index in [0.717, 1.165) is 11.1 Å². The average molecular weight is 271 g/mol. The van der Waals surface area contributed by atoms with Crippen LogP contribution in [0.3, 0.4) is 0 Å². The molecule has 0 unspecified atom stereocenters. The van der Waals surface area contributed by atoms with E-state index in [1.807, 2.05) is 0 Å². The van der Waals surface area contributed by atoms with Crippen molar-refractivity contribution in [3.05, 3.63) is 42.0 Å². The summed E-state index contributed by atoms with van der Waals surface area (Å²) in [5.41, 5.74) is 1.86. The zero-order valence-corrected chi connectivity index (χ0v) is 11.9. The molecule has 0 aliphatic heterocycles. The molecule has 0 saturated heterocycles. The predicted molar refractivity (Wildman–Crippen MR) is 73.9 cm³/mol. The van der Waals surface area contributed by atoms with Crippen molar-refractivity contribution >= 4 is 10.1 Å². The van der Waals surface area contributed by atoms with Crippen molar-refractivity contribution in [2.24, 2.45) is 0 Å². The van der Waals surface area contributed by atoms with Crippen LogP contribution in [0.2, 0.25) is 0 Å². The van der Waals surface area contributed by atoms with Gasteiger partial charge in [0, 0.05) is 0 Å². The lowest BCUT2D eigenvalue weighted by Crippen LogP contribution is -2.15. The zero-order valence-electron chi connectivity index (χ0n) is 11.1. The van der Waals surface area contributed by atoms with Crippen LogP contribution in [0.5, 0.6) is 0 Å². The third kappa shape index (κ3) is 3.94. The molecule has 0 aliphatic carbocycles. The summed E-state index contributed by atoms with van der Waals surface area (Å²) < 4.78 is 31.2. The minimum absolute atomic E-state index is 0. The van der Waals surface area contributed by atoms with Crippen LogP contribution in [-0.2, 0) is 22.0 Å². The van der Waals surface area contributed by atoms with E-state index >= 15 is 0 Å². The molecule has 0 saturated carbocycles. The van der Waals surface area contributed by atoms with E-state index in [4.69, 9.17) is 4.55 Å². The molecule has 1 rings (SSSR count). The monoisotopic (exact) mass is 271 g/mol. The standard InChI is InChI=1S/C13H18O3S.H3N/c1-5-6-10-9-11(17(14,15)16)7-8-12(10)13(2,3)4;/h5,7-9H,1,6H2,2-4H3,(H,14,15,16);1H3. The minimum atomic E-state index is -4.14. The fourth-order valence-electron chi connectivity index (χ4n) is 1.79. The van der Waals surface area contributed by atoms with Crippen molar-refractivity contribution < 1.29 is 13.0 Å². The summed E-state index contributed by atoms with van der Waals surface area (Å²) in [6.45, 7) is 9.83. The van der Waals surface area contributed by atoms with Crippen LogP contribution in [0.25, 0.3) is 0 Å². The first-order valence-electron chi connectivity index (χ1n) is 5.38. The topological polar surface area (TPSA) is 89.4 Å². The molecule has 0 amide bonds. The molecule has 4 nitrogen and oxygen atoms in total. The van der Waals surface area contributed by atoms with Crippen molar-refractivity contribution in [1.82, 2.24) is 6.15 Å². The van der Waals surface area contributed by atoms with Gasteiger partial charge in [0.05, 0.1) is 4.90 Å². The van der Waals surface area contributed by atoms with Crippen LogP contribution in [0.1, 0.15) is 31.9 Å². The molecule has 102 valence electrons. The maximum atomic E-state index is 11.1. The Morgan fingerprint density at radius 2 is 1.89 bits per heavy atom. The number of rotatable bonds is 3. The Kier molecular flexibility index (Phi) is 5.28. The molecule has 1 aromatic carbocycles.